The van der Waals surface area contributed by atoms with E-state index in [1.54, 1.807) is 20.8 Å². The zero-order valence-corrected chi connectivity index (χ0v) is 13.7. The molecule has 0 aliphatic rings. The van der Waals surface area contributed by atoms with Crippen LogP contribution in [0.1, 0.15) is 54.4 Å². The molecule has 2 atom stereocenters. The average molecular weight is 277 g/mol. The average Bonchev–Trinajstić information content (AvgIpc) is 2.24. The van der Waals surface area contributed by atoms with E-state index >= 15 is 0 Å². The maximum atomic E-state index is 12.0. The standard InChI is InChI=1S/C14H31NO2S/c1-7-9-15-11-13(3)12(2)8-10-18(16,17)14(4,5)6/h12-13,15H,7-11H2,1-6H3. The molecule has 0 aliphatic carbocycles. The van der Waals surface area contributed by atoms with Crippen molar-refractivity contribution < 1.29 is 8.42 Å². The molecule has 0 fully saturated rings. The number of hydrogen-bond acceptors (Lipinski definition) is 3. The highest BCUT2D eigenvalue weighted by atomic mass is 32.2. The maximum Gasteiger partial charge on any atom is 0.155 e. The molecule has 4 heteroatoms. The first-order valence-electron chi connectivity index (χ1n) is 7.04. The van der Waals surface area contributed by atoms with Crippen molar-refractivity contribution in [3.05, 3.63) is 0 Å². The summed E-state index contributed by atoms with van der Waals surface area (Å²) in [5.74, 6) is 1.26. The van der Waals surface area contributed by atoms with Gasteiger partial charge in [-0.15, -0.1) is 0 Å². The summed E-state index contributed by atoms with van der Waals surface area (Å²) in [5, 5.41) is 3.39. The zero-order chi connectivity index (χ0) is 14.4. The summed E-state index contributed by atoms with van der Waals surface area (Å²) < 4.78 is 23.4. The lowest BCUT2D eigenvalue weighted by Gasteiger charge is -2.23. The van der Waals surface area contributed by atoms with Gasteiger partial charge < -0.3 is 5.32 Å². The van der Waals surface area contributed by atoms with E-state index in [-0.39, 0.29) is 0 Å². The lowest BCUT2D eigenvalue weighted by molar-refractivity contribution is 0.358. The Hall–Kier alpha value is -0.0900. The van der Waals surface area contributed by atoms with Crippen LogP contribution >= 0.6 is 0 Å². The quantitative estimate of drug-likeness (QED) is 0.694. The highest BCUT2D eigenvalue weighted by Gasteiger charge is 2.29. The first-order chi connectivity index (χ1) is 8.12. The van der Waals surface area contributed by atoms with Crippen molar-refractivity contribution in [2.45, 2.75) is 59.1 Å². The molecule has 0 rings (SSSR count). The Bertz CT molecular complexity index is 317. The second-order valence-corrected chi connectivity index (χ2v) is 9.24. The number of hydrogen-bond donors (Lipinski definition) is 1. The van der Waals surface area contributed by atoms with E-state index in [0.29, 0.717) is 17.6 Å². The molecule has 0 heterocycles. The molecule has 2 unspecified atom stereocenters. The van der Waals surface area contributed by atoms with Crippen molar-refractivity contribution in [1.29, 1.82) is 0 Å². The Balaban J connectivity index is 4.14. The summed E-state index contributed by atoms with van der Waals surface area (Å²) in [6, 6.07) is 0. The van der Waals surface area contributed by atoms with Gasteiger partial charge in [0.05, 0.1) is 10.5 Å². The first kappa shape index (κ1) is 17.9. The van der Waals surface area contributed by atoms with Crippen LogP contribution in [-0.4, -0.2) is 32.0 Å². The third kappa shape index (κ3) is 6.19. The second kappa shape index (κ2) is 7.49. The van der Waals surface area contributed by atoms with Gasteiger partial charge in [0.15, 0.2) is 9.84 Å². The fourth-order valence-electron chi connectivity index (χ4n) is 1.64. The molecular weight excluding hydrogens is 246 g/mol. The van der Waals surface area contributed by atoms with Gasteiger partial charge in [0.2, 0.25) is 0 Å². The summed E-state index contributed by atoms with van der Waals surface area (Å²) in [7, 11) is -2.97. The van der Waals surface area contributed by atoms with Crippen LogP contribution in [-0.2, 0) is 9.84 Å². The molecule has 0 saturated carbocycles. The third-order valence-corrected chi connectivity index (χ3v) is 6.28. The van der Waals surface area contributed by atoms with E-state index < -0.39 is 14.6 Å². The summed E-state index contributed by atoms with van der Waals surface area (Å²) in [6.07, 6.45) is 1.90. The summed E-state index contributed by atoms with van der Waals surface area (Å²) in [4.78, 5) is 0. The lowest BCUT2D eigenvalue weighted by Crippen LogP contribution is -2.32. The molecule has 110 valence electrons. The monoisotopic (exact) mass is 277 g/mol. The van der Waals surface area contributed by atoms with Crippen LogP contribution in [0.2, 0.25) is 0 Å². The van der Waals surface area contributed by atoms with Gasteiger partial charge in [-0.25, -0.2) is 8.42 Å². The van der Waals surface area contributed by atoms with Crippen LogP contribution < -0.4 is 5.32 Å². The molecule has 18 heavy (non-hydrogen) atoms. The topological polar surface area (TPSA) is 46.2 Å². The lowest BCUT2D eigenvalue weighted by atomic mass is 9.93. The predicted molar refractivity (Wildman–Crippen MR) is 79.6 cm³/mol. The zero-order valence-electron chi connectivity index (χ0n) is 12.9. The molecule has 3 nitrogen and oxygen atoms in total. The second-order valence-electron chi connectivity index (χ2n) is 6.38. The highest BCUT2D eigenvalue weighted by Crippen LogP contribution is 2.21. The largest absolute Gasteiger partial charge is 0.316 e. The van der Waals surface area contributed by atoms with Crippen LogP contribution in [0.3, 0.4) is 0 Å². The van der Waals surface area contributed by atoms with Crippen LogP contribution in [0.15, 0.2) is 0 Å². The van der Waals surface area contributed by atoms with Crippen LogP contribution in [0.4, 0.5) is 0 Å². The van der Waals surface area contributed by atoms with Crippen molar-refractivity contribution in [3.8, 4) is 0 Å². The van der Waals surface area contributed by atoms with Crippen molar-refractivity contribution in [1.82, 2.24) is 5.32 Å². The molecule has 0 radical (unpaired) electrons. The highest BCUT2D eigenvalue weighted by molar-refractivity contribution is 7.92. The van der Waals surface area contributed by atoms with Crippen LogP contribution in [0.5, 0.6) is 0 Å². The fraction of sp³-hybridized carbons (Fsp3) is 1.00. The van der Waals surface area contributed by atoms with Gasteiger partial charge in [-0.05, 0) is 58.5 Å². The predicted octanol–water partition coefficient (Wildman–Crippen LogP) is 2.86. The normalized spacial score (nSPS) is 16.6. The molecule has 0 aromatic heterocycles. The van der Waals surface area contributed by atoms with Gasteiger partial charge in [-0.1, -0.05) is 20.8 Å². The number of rotatable bonds is 8. The number of sulfone groups is 1. The van der Waals surface area contributed by atoms with Crippen molar-refractivity contribution >= 4 is 9.84 Å². The van der Waals surface area contributed by atoms with E-state index in [1.165, 1.54) is 0 Å². The van der Waals surface area contributed by atoms with E-state index in [1.807, 2.05) is 0 Å². The minimum absolute atomic E-state index is 0.301. The Morgan fingerprint density at radius 3 is 2.11 bits per heavy atom. The van der Waals surface area contributed by atoms with E-state index in [2.05, 4.69) is 26.1 Å². The molecule has 0 aromatic carbocycles. The Morgan fingerprint density at radius 2 is 1.67 bits per heavy atom. The molecule has 0 aromatic rings. The first-order valence-corrected chi connectivity index (χ1v) is 8.70. The van der Waals surface area contributed by atoms with Crippen LogP contribution in [0, 0.1) is 11.8 Å². The maximum absolute atomic E-state index is 12.0. The molecule has 0 spiro atoms. The third-order valence-electron chi connectivity index (χ3n) is 3.64. The van der Waals surface area contributed by atoms with Gasteiger partial charge >= 0.3 is 0 Å². The summed E-state index contributed by atoms with van der Waals surface area (Å²) in [6.45, 7) is 13.8. The summed E-state index contributed by atoms with van der Waals surface area (Å²) in [5.41, 5.74) is 0. The van der Waals surface area contributed by atoms with Gasteiger partial charge in [0, 0.05) is 0 Å². The minimum atomic E-state index is -2.97. The minimum Gasteiger partial charge on any atom is -0.316 e. The van der Waals surface area contributed by atoms with Crippen molar-refractivity contribution in [2.24, 2.45) is 11.8 Å². The Morgan fingerprint density at radius 1 is 1.11 bits per heavy atom. The fourth-order valence-corrected chi connectivity index (χ4v) is 2.93. The molecule has 1 N–H and O–H groups in total. The molecule has 0 saturated heterocycles. The Kier molecular flexibility index (Phi) is 7.45. The van der Waals surface area contributed by atoms with Crippen molar-refractivity contribution in [2.75, 3.05) is 18.8 Å². The van der Waals surface area contributed by atoms with E-state index in [4.69, 9.17) is 0 Å². The smallest absolute Gasteiger partial charge is 0.155 e. The number of nitrogens with one attached hydrogen (secondary N) is 1. The molecule has 0 aliphatic heterocycles. The molecule has 0 bridgehead atoms. The van der Waals surface area contributed by atoms with Gasteiger partial charge in [0.1, 0.15) is 0 Å². The van der Waals surface area contributed by atoms with E-state index in [0.717, 1.165) is 25.9 Å². The molecule has 0 amide bonds. The SMILES string of the molecule is CCCNCC(C)C(C)CCS(=O)(=O)C(C)(C)C. The van der Waals surface area contributed by atoms with Gasteiger partial charge in [-0.3, -0.25) is 0 Å². The van der Waals surface area contributed by atoms with Gasteiger partial charge in [-0.2, -0.15) is 0 Å². The van der Waals surface area contributed by atoms with E-state index in [9.17, 15) is 8.42 Å². The summed E-state index contributed by atoms with van der Waals surface area (Å²) >= 11 is 0. The Labute approximate surface area is 114 Å². The van der Waals surface area contributed by atoms with Crippen LogP contribution in [0.25, 0.3) is 0 Å². The van der Waals surface area contributed by atoms with Gasteiger partial charge in [0.25, 0.3) is 0 Å². The molecular formula is C14H31NO2S. The van der Waals surface area contributed by atoms with Crippen molar-refractivity contribution in [3.63, 3.8) is 0 Å².